The van der Waals surface area contributed by atoms with Crippen molar-refractivity contribution in [3.05, 3.63) is 114 Å². The maximum atomic E-state index is 4.49. The van der Waals surface area contributed by atoms with Crippen LogP contribution in [-0.2, 0) is 19.5 Å². The van der Waals surface area contributed by atoms with Crippen LogP contribution >= 0.6 is 0 Å². The van der Waals surface area contributed by atoms with Gasteiger partial charge in [0.1, 0.15) is 0 Å². The van der Waals surface area contributed by atoms with E-state index in [1.807, 2.05) is 12.3 Å². The van der Waals surface area contributed by atoms with Crippen molar-refractivity contribution in [1.29, 1.82) is 0 Å². The standard InChI is InChI=1S/C26H26N2/c1-21-7-6-8-22(17-21)19-28(16-14-26-11-4-5-15-27-26)20-23-12-13-24-9-2-3-10-25(24)18-23/h2-13,15,17-18H,14,16,19-20H2,1H3. The lowest BCUT2D eigenvalue weighted by Crippen LogP contribution is -2.25. The van der Waals surface area contributed by atoms with E-state index in [4.69, 9.17) is 0 Å². The number of rotatable bonds is 7. The topological polar surface area (TPSA) is 16.1 Å². The molecule has 0 radical (unpaired) electrons. The Morgan fingerprint density at radius 1 is 0.714 bits per heavy atom. The van der Waals surface area contributed by atoms with Gasteiger partial charge in [-0.3, -0.25) is 9.88 Å². The van der Waals surface area contributed by atoms with Gasteiger partial charge in [0.05, 0.1) is 0 Å². The highest BCUT2D eigenvalue weighted by Crippen LogP contribution is 2.18. The maximum Gasteiger partial charge on any atom is 0.0416 e. The second kappa shape index (κ2) is 8.81. The van der Waals surface area contributed by atoms with Crippen LogP contribution in [0.1, 0.15) is 22.4 Å². The molecule has 0 saturated carbocycles. The number of pyridine rings is 1. The van der Waals surface area contributed by atoms with Crippen LogP contribution in [0.15, 0.2) is 91.1 Å². The summed E-state index contributed by atoms with van der Waals surface area (Å²) in [4.78, 5) is 7.01. The third-order valence-corrected chi connectivity index (χ3v) is 5.12. The number of fused-ring (bicyclic) bond motifs is 1. The van der Waals surface area contributed by atoms with E-state index in [2.05, 4.69) is 95.7 Å². The first-order valence-corrected chi connectivity index (χ1v) is 9.92. The van der Waals surface area contributed by atoms with Gasteiger partial charge in [0.25, 0.3) is 0 Å². The summed E-state index contributed by atoms with van der Waals surface area (Å²) in [5.74, 6) is 0. The van der Waals surface area contributed by atoms with E-state index in [1.165, 1.54) is 27.5 Å². The van der Waals surface area contributed by atoms with Crippen molar-refractivity contribution < 1.29 is 0 Å². The van der Waals surface area contributed by atoms with Gasteiger partial charge < -0.3 is 0 Å². The molecule has 0 amide bonds. The Balaban J connectivity index is 1.53. The van der Waals surface area contributed by atoms with Gasteiger partial charge in [-0.25, -0.2) is 0 Å². The Bertz CT molecular complexity index is 1040. The lowest BCUT2D eigenvalue weighted by atomic mass is 10.1. The third-order valence-electron chi connectivity index (χ3n) is 5.12. The molecule has 2 nitrogen and oxygen atoms in total. The quantitative estimate of drug-likeness (QED) is 0.412. The number of aryl methyl sites for hydroxylation is 1. The molecule has 0 atom stereocenters. The second-order valence-electron chi connectivity index (χ2n) is 7.45. The molecule has 0 aliphatic rings. The lowest BCUT2D eigenvalue weighted by Gasteiger charge is -2.23. The van der Waals surface area contributed by atoms with Gasteiger partial charge in [-0.1, -0.05) is 72.3 Å². The summed E-state index contributed by atoms with van der Waals surface area (Å²) in [6.45, 7) is 5.02. The molecule has 4 rings (SSSR count). The first-order chi connectivity index (χ1) is 13.8. The van der Waals surface area contributed by atoms with Gasteiger partial charge >= 0.3 is 0 Å². The zero-order valence-corrected chi connectivity index (χ0v) is 16.4. The Morgan fingerprint density at radius 2 is 1.50 bits per heavy atom. The van der Waals surface area contributed by atoms with E-state index < -0.39 is 0 Å². The minimum absolute atomic E-state index is 0.936. The molecule has 0 aliphatic heterocycles. The molecule has 0 aliphatic carbocycles. The fourth-order valence-electron chi connectivity index (χ4n) is 3.70. The number of hydrogen-bond donors (Lipinski definition) is 0. The van der Waals surface area contributed by atoms with Crippen LogP contribution in [0.5, 0.6) is 0 Å². The van der Waals surface area contributed by atoms with Crippen LogP contribution in [0.3, 0.4) is 0 Å². The Labute approximate surface area is 167 Å². The first-order valence-electron chi connectivity index (χ1n) is 9.92. The molecule has 1 heterocycles. The zero-order chi connectivity index (χ0) is 19.2. The fourth-order valence-corrected chi connectivity index (χ4v) is 3.70. The van der Waals surface area contributed by atoms with Crippen LogP contribution < -0.4 is 0 Å². The maximum absolute atomic E-state index is 4.49. The van der Waals surface area contributed by atoms with Gasteiger partial charge in [0, 0.05) is 37.9 Å². The number of nitrogens with zero attached hydrogens (tertiary/aromatic N) is 2. The van der Waals surface area contributed by atoms with Gasteiger partial charge in [-0.15, -0.1) is 0 Å². The molecule has 0 bridgehead atoms. The van der Waals surface area contributed by atoms with E-state index in [0.717, 1.165) is 31.7 Å². The Hall–Kier alpha value is -2.97. The van der Waals surface area contributed by atoms with Gasteiger partial charge in [0.15, 0.2) is 0 Å². The van der Waals surface area contributed by atoms with Crippen molar-refractivity contribution in [3.8, 4) is 0 Å². The first kappa shape index (κ1) is 18.4. The average Bonchev–Trinajstić information content (AvgIpc) is 2.73. The minimum atomic E-state index is 0.936. The van der Waals surface area contributed by atoms with Gasteiger partial charge in [-0.05, 0) is 47.0 Å². The summed E-state index contributed by atoms with van der Waals surface area (Å²) in [6, 6.07) is 30.3. The van der Waals surface area contributed by atoms with E-state index in [0.29, 0.717) is 0 Å². The number of benzene rings is 3. The van der Waals surface area contributed by atoms with Gasteiger partial charge in [-0.2, -0.15) is 0 Å². The number of hydrogen-bond acceptors (Lipinski definition) is 2. The van der Waals surface area contributed by atoms with E-state index in [1.54, 1.807) is 0 Å². The van der Waals surface area contributed by atoms with Crippen molar-refractivity contribution in [2.24, 2.45) is 0 Å². The van der Waals surface area contributed by atoms with Crippen LogP contribution in [0, 0.1) is 6.92 Å². The molecule has 140 valence electrons. The molecule has 0 spiro atoms. The van der Waals surface area contributed by atoms with E-state index >= 15 is 0 Å². The third kappa shape index (κ3) is 4.85. The number of aromatic nitrogens is 1. The van der Waals surface area contributed by atoms with Crippen molar-refractivity contribution in [1.82, 2.24) is 9.88 Å². The molecular weight excluding hydrogens is 340 g/mol. The van der Waals surface area contributed by atoms with E-state index in [9.17, 15) is 0 Å². The Morgan fingerprint density at radius 3 is 2.29 bits per heavy atom. The van der Waals surface area contributed by atoms with Crippen molar-refractivity contribution in [2.75, 3.05) is 6.54 Å². The smallest absolute Gasteiger partial charge is 0.0416 e. The molecule has 0 fully saturated rings. The predicted molar refractivity (Wildman–Crippen MR) is 117 cm³/mol. The normalized spacial score (nSPS) is 11.2. The molecule has 3 aromatic carbocycles. The molecular formula is C26H26N2. The molecule has 0 saturated heterocycles. The summed E-state index contributed by atoms with van der Waals surface area (Å²) in [5.41, 5.74) is 5.18. The van der Waals surface area contributed by atoms with Crippen LogP contribution in [0.25, 0.3) is 10.8 Å². The van der Waals surface area contributed by atoms with Gasteiger partial charge in [0.2, 0.25) is 0 Å². The summed E-state index contributed by atoms with van der Waals surface area (Å²) in [7, 11) is 0. The summed E-state index contributed by atoms with van der Waals surface area (Å²) in [5, 5.41) is 2.60. The SMILES string of the molecule is Cc1cccc(CN(CCc2ccccn2)Cc2ccc3ccccc3c2)c1. The van der Waals surface area contributed by atoms with Crippen molar-refractivity contribution in [3.63, 3.8) is 0 Å². The molecule has 0 N–H and O–H groups in total. The molecule has 4 aromatic rings. The van der Waals surface area contributed by atoms with Crippen molar-refractivity contribution in [2.45, 2.75) is 26.4 Å². The fraction of sp³-hybridized carbons (Fsp3) is 0.192. The Kier molecular flexibility index (Phi) is 5.79. The monoisotopic (exact) mass is 366 g/mol. The molecule has 1 aromatic heterocycles. The summed E-state index contributed by atoms with van der Waals surface area (Å²) in [6.07, 6.45) is 2.84. The zero-order valence-electron chi connectivity index (χ0n) is 16.4. The highest BCUT2D eigenvalue weighted by Gasteiger charge is 2.09. The lowest BCUT2D eigenvalue weighted by molar-refractivity contribution is 0.259. The van der Waals surface area contributed by atoms with Crippen molar-refractivity contribution >= 4 is 10.8 Å². The molecule has 0 unspecified atom stereocenters. The summed E-state index contributed by atoms with van der Waals surface area (Å²) >= 11 is 0. The highest BCUT2D eigenvalue weighted by molar-refractivity contribution is 5.82. The largest absolute Gasteiger partial charge is 0.294 e. The molecule has 28 heavy (non-hydrogen) atoms. The average molecular weight is 367 g/mol. The molecule has 2 heteroatoms. The van der Waals surface area contributed by atoms with E-state index in [-0.39, 0.29) is 0 Å². The van der Waals surface area contributed by atoms with Crippen LogP contribution in [-0.4, -0.2) is 16.4 Å². The summed E-state index contributed by atoms with van der Waals surface area (Å²) < 4.78 is 0. The predicted octanol–water partition coefficient (Wildman–Crippen LogP) is 5.79. The highest BCUT2D eigenvalue weighted by atomic mass is 15.1. The minimum Gasteiger partial charge on any atom is -0.294 e. The van der Waals surface area contributed by atoms with Crippen LogP contribution in [0.2, 0.25) is 0 Å². The second-order valence-corrected chi connectivity index (χ2v) is 7.45. The van der Waals surface area contributed by atoms with Crippen LogP contribution in [0.4, 0.5) is 0 Å².